The van der Waals surface area contributed by atoms with Crippen molar-refractivity contribution in [3.05, 3.63) is 0 Å². The van der Waals surface area contributed by atoms with Crippen LogP contribution in [0, 0.1) is 0 Å². The largest absolute Gasteiger partial charge is 0.313 e. The molecular weight excluding hydrogens is 236 g/mol. The van der Waals surface area contributed by atoms with E-state index < -0.39 is 9.84 Å². The highest BCUT2D eigenvalue weighted by Gasteiger charge is 2.31. The summed E-state index contributed by atoms with van der Waals surface area (Å²) in [7, 11) is -2.80. The van der Waals surface area contributed by atoms with Crippen LogP contribution in [0.15, 0.2) is 0 Å². The maximum absolute atomic E-state index is 11.5. The van der Waals surface area contributed by atoms with Crippen LogP contribution in [0.1, 0.15) is 34.1 Å². The Balaban J connectivity index is 2.58. The molecule has 5 heteroatoms. The number of nitrogens with one attached hydrogen (secondary N) is 1. The van der Waals surface area contributed by atoms with E-state index in [9.17, 15) is 8.42 Å². The van der Waals surface area contributed by atoms with E-state index >= 15 is 0 Å². The van der Waals surface area contributed by atoms with Crippen LogP contribution < -0.4 is 5.32 Å². The van der Waals surface area contributed by atoms with Crippen LogP contribution in [0.2, 0.25) is 0 Å². The van der Waals surface area contributed by atoms with Crippen LogP contribution in [0.25, 0.3) is 0 Å². The molecule has 1 aliphatic rings. The predicted molar refractivity (Wildman–Crippen MR) is 72.0 cm³/mol. The Morgan fingerprint density at radius 3 is 2.53 bits per heavy atom. The van der Waals surface area contributed by atoms with Crippen LogP contribution in [-0.2, 0) is 9.84 Å². The number of hydrogen-bond donors (Lipinski definition) is 1. The van der Waals surface area contributed by atoms with E-state index in [0.717, 1.165) is 13.0 Å². The lowest BCUT2D eigenvalue weighted by molar-refractivity contribution is 0.148. The molecule has 2 atom stereocenters. The Morgan fingerprint density at radius 2 is 2.06 bits per heavy atom. The third kappa shape index (κ3) is 4.56. The second-order valence-corrected chi connectivity index (χ2v) is 7.55. The molecule has 2 unspecified atom stereocenters. The van der Waals surface area contributed by atoms with Crippen LogP contribution in [-0.4, -0.2) is 56.0 Å². The van der Waals surface area contributed by atoms with Crippen LogP contribution in [0.4, 0.5) is 0 Å². The summed E-state index contributed by atoms with van der Waals surface area (Å²) >= 11 is 0. The zero-order valence-electron chi connectivity index (χ0n) is 11.4. The second-order valence-electron chi connectivity index (χ2n) is 5.33. The van der Waals surface area contributed by atoms with Crippen molar-refractivity contribution in [2.24, 2.45) is 0 Å². The summed E-state index contributed by atoms with van der Waals surface area (Å²) in [5, 5.41) is 3.44. The number of rotatable bonds is 5. The third-order valence-corrected chi connectivity index (χ3v) is 5.22. The minimum absolute atomic E-state index is 0.146. The molecule has 1 fully saturated rings. The first-order valence-electron chi connectivity index (χ1n) is 6.55. The van der Waals surface area contributed by atoms with E-state index in [4.69, 9.17) is 0 Å². The van der Waals surface area contributed by atoms with Gasteiger partial charge in [-0.2, -0.15) is 0 Å². The van der Waals surface area contributed by atoms with Gasteiger partial charge in [-0.3, -0.25) is 4.90 Å². The van der Waals surface area contributed by atoms with Crippen molar-refractivity contribution in [1.29, 1.82) is 0 Å². The minimum Gasteiger partial charge on any atom is -0.313 e. The van der Waals surface area contributed by atoms with E-state index in [1.807, 2.05) is 6.92 Å². The molecule has 0 spiro atoms. The SMILES string of the molecule is CCC(CNC(C)C)N1CCS(=O)(=O)CC1C. The molecule has 102 valence electrons. The Bertz CT molecular complexity index is 327. The molecule has 1 N–H and O–H groups in total. The van der Waals surface area contributed by atoms with Gasteiger partial charge in [0.05, 0.1) is 11.5 Å². The number of sulfone groups is 1. The monoisotopic (exact) mass is 262 g/mol. The highest BCUT2D eigenvalue weighted by atomic mass is 32.2. The predicted octanol–water partition coefficient (Wildman–Crippen LogP) is 0.882. The molecule has 0 aromatic heterocycles. The molecule has 0 bridgehead atoms. The van der Waals surface area contributed by atoms with E-state index in [1.165, 1.54) is 0 Å². The van der Waals surface area contributed by atoms with Crippen molar-refractivity contribution in [3.63, 3.8) is 0 Å². The van der Waals surface area contributed by atoms with E-state index in [1.54, 1.807) is 0 Å². The quantitative estimate of drug-likeness (QED) is 0.799. The molecule has 0 saturated carbocycles. The summed E-state index contributed by atoms with van der Waals surface area (Å²) in [6.07, 6.45) is 1.06. The van der Waals surface area contributed by atoms with Crippen molar-refractivity contribution in [2.75, 3.05) is 24.6 Å². The smallest absolute Gasteiger partial charge is 0.153 e. The van der Waals surface area contributed by atoms with Gasteiger partial charge in [0, 0.05) is 31.2 Å². The average molecular weight is 262 g/mol. The van der Waals surface area contributed by atoms with E-state index in [2.05, 4.69) is 31.0 Å². The molecule has 1 saturated heterocycles. The van der Waals surface area contributed by atoms with Gasteiger partial charge in [-0.05, 0) is 13.3 Å². The number of hydrogen-bond acceptors (Lipinski definition) is 4. The lowest BCUT2D eigenvalue weighted by atomic mass is 10.1. The van der Waals surface area contributed by atoms with Gasteiger partial charge in [-0.15, -0.1) is 0 Å². The molecule has 1 rings (SSSR count). The average Bonchev–Trinajstić information content (AvgIpc) is 2.20. The van der Waals surface area contributed by atoms with Crippen molar-refractivity contribution in [1.82, 2.24) is 10.2 Å². The van der Waals surface area contributed by atoms with Gasteiger partial charge in [0.1, 0.15) is 0 Å². The van der Waals surface area contributed by atoms with Gasteiger partial charge >= 0.3 is 0 Å². The molecule has 1 heterocycles. The van der Waals surface area contributed by atoms with Gasteiger partial charge in [0.15, 0.2) is 9.84 Å². The van der Waals surface area contributed by atoms with Crippen LogP contribution >= 0.6 is 0 Å². The lowest BCUT2D eigenvalue weighted by Gasteiger charge is -2.39. The fourth-order valence-electron chi connectivity index (χ4n) is 2.42. The molecule has 4 nitrogen and oxygen atoms in total. The van der Waals surface area contributed by atoms with E-state index in [0.29, 0.717) is 30.1 Å². The van der Waals surface area contributed by atoms with Crippen LogP contribution in [0.5, 0.6) is 0 Å². The normalized spacial score (nSPS) is 27.2. The zero-order chi connectivity index (χ0) is 13.1. The Morgan fingerprint density at radius 1 is 1.41 bits per heavy atom. The van der Waals surface area contributed by atoms with Gasteiger partial charge < -0.3 is 5.32 Å². The second kappa shape index (κ2) is 6.16. The minimum atomic E-state index is -2.80. The maximum atomic E-state index is 11.5. The van der Waals surface area contributed by atoms with Gasteiger partial charge in [-0.25, -0.2) is 8.42 Å². The molecular formula is C12H26N2O2S. The summed E-state index contributed by atoms with van der Waals surface area (Å²) < 4.78 is 23.1. The van der Waals surface area contributed by atoms with E-state index in [-0.39, 0.29) is 6.04 Å². The topological polar surface area (TPSA) is 49.4 Å². The first-order valence-corrected chi connectivity index (χ1v) is 8.37. The number of nitrogens with zero attached hydrogens (tertiary/aromatic N) is 1. The van der Waals surface area contributed by atoms with Crippen molar-refractivity contribution in [3.8, 4) is 0 Å². The fourth-order valence-corrected chi connectivity index (χ4v) is 4.00. The fraction of sp³-hybridized carbons (Fsp3) is 1.00. The van der Waals surface area contributed by atoms with Gasteiger partial charge in [0.2, 0.25) is 0 Å². The van der Waals surface area contributed by atoms with Crippen molar-refractivity contribution >= 4 is 9.84 Å². The molecule has 0 radical (unpaired) electrons. The summed E-state index contributed by atoms with van der Waals surface area (Å²) in [6.45, 7) is 10.1. The summed E-state index contributed by atoms with van der Waals surface area (Å²) in [5.41, 5.74) is 0. The lowest BCUT2D eigenvalue weighted by Crippen LogP contribution is -2.54. The third-order valence-electron chi connectivity index (χ3n) is 3.42. The van der Waals surface area contributed by atoms with Gasteiger partial charge in [-0.1, -0.05) is 20.8 Å². The van der Waals surface area contributed by atoms with Crippen molar-refractivity contribution in [2.45, 2.75) is 52.2 Å². The standard InChI is InChI=1S/C12H26N2O2S/c1-5-12(8-13-10(2)3)14-6-7-17(15,16)9-11(14)4/h10-13H,5-9H2,1-4H3. The molecule has 17 heavy (non-hydrogen) atoms. The highest BCUT2D eigenvalue weighted by molar-refractivity contribution is 7.91. The first kappa shape index (κ1) is 14.9. The maximum Gasteiger partial charge on any atom is 0.153 e. The molecule has 0 aliphatic carbocycles. The molecule has 0 aromatic carbocycles. The highest BCUT2D eigenvalue weighted by Crippen LogP contribution is 2.16. The molecule has 0 amide bonds. The Kier molecular flexibility index (Phi) is 5.41. The summed E-state index contributed by atoms with van der Waals surface area (Å²) in [6, 6.07) is 1.07. The molecule has 0 aromatic rings. The zero-order valence-corrected chi connectivity index (χ0v) is 12.3. The Hall–Kier alpha value is -0.130. The molecule has 1 aliphatic heterocycles. The summed E-state index contributed by atoms with van der Waals surface area (Å²) in [5.74, 6) is 0.626. The first-order chi connectivity index (χ1) is 7.85. The Labute approximate surface area is 106 Å². The van der Waals surface area contributed by atoms with Gasteiger partial charge in [0.25, 0.3) is 0 Å². The summed E-state index contributed by atoms with van der Waals surface area (Å²) in [4.78, 5) is 2.34. The van der Waals surface area contributed by atoms with Crippen molar-refractivity contribution < 1.29 is 8.42 Å². The van der Waals surface area contributed by atoms with Crippen LogP contribution in [0.3, 0.4) is 0 Å².